The predicted octanol–water partition coefficient (Wildman–Crippen LogP) is 2.11. The van der Waals surface area contributed by atoms with Crippen LogP contribution in [-0.2, 0) is 11.3 Å². The molecule has 1 saturated heterocycles. The maximum absolute atomic E-state index is 12.4. The maximum Gasteiger partial charge on any atom is 0.227 e. The molecular formula is C15H19N3OS. The maximum atomic E-state index is 12.4. The third-order valence-corrected chi connectivity index (χ3v) is 4.94. The van der Waals surface area contributed by atoms with Gasteiger partial charge in [-0.2, -0.15) is 0 Å². The molecule has 106 valence electrons. The summed E-state index contributed by atoms with van der Waals surface area (Å²) in [6.07, 6.45) is 0. The minimum Gasteiger partial charge on any atom is -0.339 e. The van der Waals surface area contributed by atoms with E-state index in [1.165, 1.54) is 4.70 Å². The minimum absolute atomic E-state index is 0.106. The molecule has 0 radical (unpaired) electrons. The van der Waals surface area contributed by atoms with Gasteiger partial charge in [0.15, 0.2) is 0 Å². The first-order valence-corrected chi connectivity index (χ1v) is 7.77. The summed E-state index contributed by atoms with van der Waals surface area (Å²) in [5.41, 5.74) is 1.02. The Bertz CT molecular complexity index is 591. The Morgan fingerprint density at radius 3 is 2.95 bits per heavy atom. The van der Waals surface area contributed by atoms with Crippen LogP contribution >= 0.6 is 11.3 Å². The number of para-hydroxylation sites is 1. The van der Waals surface area contributed by atoms with Crippen LogP contribution in [0.25, 0.3) is 10.2 Å². The summed E-state index contributed by atoms with van der Waals surface area (Å²) in [4.78, 5) is 18.8. The van der Waals surface area contributed by atoms with Gasteiger partial charge in [0.05, 0.1) is 22.7 Å². The van der Waals surface area contributed by atoms with Crippen molar-refractivity contribution in [2.24, 2.45) is 11.8 Å². The zero-order chi connectivity index (χ0) is 14.1. The molecule has 0 unspecified atom stereocenters. The number of carbonyl (C=O) groups is 1. The van der Waals surface area contributed by atoms with Crippen molar-refractivity contribution >= 4 is 27.5 Å². The molecule has 2 atom stereocenters. The van der Waals surface area contributed by atoms with Crippen molar-refractivity contribution in [2.75, 3.05) is 20.1 Å². The highest BCUT2D eigenvalue weighted by Crippen LogP contribution is 2.24. The molecular weight excluding hydrogens is 270 g/mol. The molecule has 1 N–H and O–H groups in total. The lowest BCUT2D eigenvalue weighted by Crippen LogP contribution is -2.35. The predicted molar refractivity (Wildman–Crippen MR) is 81.6 cm³/mol. The number of aromatic nitrogens is 1. The van der Waals surface area contributed by atoms with Crippen LogP contribution in [0.1, 0.15) is 11.9 Å². The monoisotopic (exact) mass is 289 g/mol. The van der Waals surface area contributed by atoms with Crippen molar-refractivity contribution in [1.29, 1.82) is 0 Å². The van der Waals surface area contributed by atoms with Crippen LogP contribution in [0.4, 0.5) is 0 Å². The molecule has 1 aromatic heterocycles. The van der Waals surface area contributed by atoms with Crippen molar-refractivity contribution in [3.05, 3.63) is 29.3 Å². The van der Waals surface area contributed by atoms with Crippen LogP contribution in [0.15, 0.2) is 24.3 Å². The Balaban J connectivity index is 1.71. The van der Waals surface area contributed by atoms with E-state index in [0.717, 1.165) is 23.6 Å². The summed E-state index contributed by atoms with van der Waals surface area (Å²) >= 11 is 1.67. The van der Waals surface area contributed by atoms with E-state index < -0.39 is 0 Å². The molecule has 1 aliphatic rings. The number of nitrogens with zero attached hydrogens (tertiary/aromatic N) is 2. The third kappa shape index (κ3) is 2.55. The Kier molecular flexibility index (Phi) is 3.72. The fourth-order valence-electron chi connectivity index (χ4n) is 2.69. The zero-order valence-electron chi connectivity index (χ0n) is 11.8. The molecule has 4 nitrogen and oxygen atoms in total. The molecule has 1 amide bonds. The number of benzene rings is 1. The van der Waals surface area contributed by atoms with E-state index in [1.54, 1.807) is 11.3 Å². The van der Waals surface area contributed by atoms with Crippen LogP contribution in [0.3, 0.4) is 0 Å². The van der Waals surface area contributed by atoms with Crippen LogP contribution in [0.5, 0.6) is 0 Å². The van der Waals surface area contributed by atoms with Gasteiger partial charge >= 0.3 is 0 Å². The van der Waals surface area contributed by atoms with Gasteiger partial charge in [-0.1, -0.05) is 19.1 Å². The van der Waals surface area contributed by atoms with Gasteiger partial charge in [0.25, 0.3) is 0 Å². The van der Waals surface area contributed by atoms with E-state index in [1.807, 2.05) is 30.1 Å². The lowest BCUT2D eigenvalue weighted by atomic mass is 9.97. The second-order valence-electron chi connectivity index (χ2n) is 5.51. The standard InChI is InChI=1S/C15H19N3OS/c1-10-7-16-8-11(10)15(19)18(2)9-14-17-12-5-3-4-6-13(12)20-14/h3-6,10-11,16H,7-9H2,1-2H3/t10-,11-/m1/s1. The lowest BCUT2D eigenvalue weighted by molar-refractivity contribution is -0.135. The first-order valence-electron chi connectivity index (χ1n) is 6.95. The van der Waals surface area contributed by atoms with Crippen LogP contribution in [0, 0.1) is 11.8 Å². The third-order valence-electron chi connectivity index (χ3n) is 3.92. The molecule has 2 heterocycles. The smallest absolute Gasteiger partial charge is 0.227 e. The van der Waals surface area contributed by atoms with Gasteiger partial charge in [0.2, 0.25) is 5.91 Å². The number of hydrogen-bond acceptors (Lipinski definition) is 4. The topological polar surface area (TPSA) is 45.2 Å². The number of rotatable bonds is 3. The van der Waals surface area contributed by atoms with Crippen molar-refractivity contribution in [3.8, 4) is 0 Å². The largest absolute Gasteiger partial charge is 0.339 e. The van der Waals surface area contributed by atoms with Gasteiger partial charge in [-0.3, -0.25) is 4.79 Å². The molecule has 3 rings (SSSR count). The van der Waals surface area contributed by atoms with Crippen molar-refractivity contribution < 1.29 is 4.79 Å². The van der Waals surface area contributed by atoms with Gasteiger partial charge in [-0.05, 0) is 24.6 Å². The van der Waals surface area contributed by atoms with Crippen molar-refractivity contribution in [3.63, 3.8) is 0 Å². The highest BCUT2D eigenvalue weighted by Gasteiger charge is 2.31. The summed E-state index contributed by atoms with van der Waals surface area (Å²) in [7, 11) is 1.87. The summed E-state index contributed by atoms with van der Waals surface area (Å²) in [5.74, 6) is 0.747. The molecule has 5 heteroatoms. The Labute approximate surface area is 122 Å². The summed E-state index contributed by atoms with van der Waals surface area (Å²) in [5, 5.41) is 4.28. The fourth-order valence-corrected chi connectivity index (χ4v) is 3.71. The molecule has 0 spiro atoms. The fraction of sp³-hybridized carbons (Fsp3) is 0.467. The molecule has 0 saturated carbocycles. The van der Waals surface area contributed by atoms with Gasteiger partial charge in [0, 0.05) is 13.6 Å². The summed E-state index contributed by atoms with van der Waals surface area (Å²) in [6, 6.07) is 8.10. The average molecular weight is 289 g/mol. The number of carbonyl (C=O) groups excluding carboxylic acids is 1. The molecule has 2 aromatic rings. The normalized spacial score (nSPS) is 22.3. The summed E-state index contributed by atoms with van der Waals surface area (Å²) in [6.45, 7) is 4.46. The second kappa shape index (κ2) is 5.50. The van der Waals surface area contributed by atoms with Gasteiger partial charge in [-0.15, -0.1) is 11.3 Å². The number of thiazole rings is 1. The highest BCUT2D eigenvalue weighted by molar-refractivity contribution is 7.18. The van der Waals surface area contributed by atoms with Crippen molar-refractivity contribution in [2.45, 2.75) is 13.5 Å². The number of hydrogen-bond donors (Lipinski definition) is 1. The second-order valence-corrected chi connectivity index (χ2v) is 6.63. The molecule has 1 fully saturated rings. The lowest BCUT2D eigenvalue weighted by Gasteiger charge is -2.21. The van der Waals surface area contributed by atoms with E-state index in [-0.39, 0.29) is 11.8 Å². The van der Waals surface area contributed by atoms with E-state index in [9.17, 15) is 4.79 Å². The molecule has 1 aliphatic heterocycles. The number of fused-ring (bicyclic) bond motifs is 1. The van der Waals surface area contributed by atoms with E-state index in [4.69, 9.17) is 0 Å². The molecule has 1 aromatic carbocycles. The Hall–Kier alpha value is -1.46. The van der Waals surface area contributed by atoms with Gasteiger partial charge in [-0.25, -0.2) is 4.98 Å². The van der Waals surface area contributed by atoms with E-state index in [0.29, 0.717) is 12.5 Å². The van der Waals surface area contributed by atoms with E-state index in [2.05, 4.69) is 23.3 Å². The molecule has 0 aliphatic carbocycles. The van der Waals surface area contributed by atoms with Gasteiger partial charge in [0.1, 0.15) is 5.01 Å². The summed E-state index contributed by atoms with van der Waals surface area (Å²) < 4.78 is 1.18. The first kappa shape index (κ1) is 13.5. The highest BCUT2D eigenvalue weighted by atomic mass is 32.1. The first-order chi connectivity index (χ1) is 9.65. The Morgan fingerprint density at radius 1 is 1.45 bits per heavy atom. The molecule has 20 heavy (non-hydrogen) atoms. The van der Waals surface area contributed by atoms with Crippen LogP contribution in [-0.4, -0.2) is 35.9 Å². The Morgan fingerprint density at radius 2 is 2.25 bits per heavy atom. The number of nitrogens with one attached hydrogen (secondary N) is 1. The average Bonchev–Trinajstić information content (AvgIpc) is 3.03. The quantitative estimate of drug-likeness (QED) is 0.941. The van der Waals surface area contributed by atoms with E-state index >= 15 is 0 Å². The minimum atomic E-state index is 0.106. The zero-order valence-corrected chi connectivity index (χ0v) is 12.6. The van der Waals surface area contributed by atoms with Crippen LogP contribution < -0.4 is 5.32 Å². The van der Waals surface area contributed by atoms with Gasteiger partial charge < -0.3 is 10.2 Å². The number of amides is 1. The molecule has 0 bridgehead atoms. The van der Waals surface area contributed by atoms with Crippen LogP contribution in [0.2, 0.25) is 0 Å². The van der Waals surface area contributed by atoms with Crippen molar-refractivity contribution in [1.82, 2.24) is 15.2 Å². The SMILES string of the molecule is C[C@@H]1CNC[C@H]1C(=O)N(C)Cc1nc2ccccc2s1.